The molecule has 6 heteroatoms. The Morgan fingerprint density at radius 1 is 1.59 bits per heavy atom. The highest BCUT2D eigenvalue weighted by Crippen LogP contribution is 2.22. The van der Waals surface area contributed by atoms with Gasteiger partial charge in [0.15, 0.2) is 11.6 Å². The molecule has 1 aliphatic rings. The van der Waals surface area contributed by atoms with Crippen LogP contribution in [0.5, 0.6) is 0 Å². The standard InChI is InChI=1S/C11H13ClFN3O/c12-11-15-6-9(13)10(16-11)14-5-7-2-1-3-8(17)4-7/h6-7H,1-5H2,(H,14,15,16). The molecule has 1 aliphatic carbocycles. The minimum absolute atomic E-state index is 0.00798. The Labute approximate surface area is 104 Å². The van der Waals surface area contributed by atoms with Crippen molar-refractivity contribution in [3.05, 3.63) is 17.3 Å². The first-order valence-electron chi connectivity index (χ1n) is 5.59. The largest absolute Gasteiger partial charge is 0.367 e. The molecule has 4 nitrogen and oxygen atoms in total. The van der Waals surface area contributed by atoms with Gasteiger partial charge in [0, 0.05) is 19.4 Å². The van der Waals surface area contributed by atoms with Crippen molar-refractivity contribution in [1.29, 1.82) is 0 Å². The molecule has 1 aromatic heterocycles. The fourth-order valence-corrected chi connectivity index (χ4v) is 2.13. The van der Waals surface area contributed by atoms with Gasteiger partial charge in [-0.2, -0.15) is 4.98 Å². The molecule has 1 N–H and O–H groups in total. The molecular formula is C11H13ClFN3O. The molecule has 0 spiro atoms. The zero-order chi connectivity index (χ0) is 12.3. The summed E-state index contributed by atoms with van der Waals surface area (Å²) in [4.78, 5) is 18.5. The summed E-state index contributed by atoms with van der Waals surface area (Å²) >= 11 is 5.58. The predicted molar refractivity (Wildman–Crippen MR) is 62.5 cm³/mol. The molecule has 0 amide bonds. The summed E-state index contributed by atoms with van der Waals surface area (Å²) in [6, 6.07) is 0. The maximum atomic E-state index is 13.3. The van der Waals surface area contributed by atoms with E-state index in [0.717, 1.165) is 19.0 Å². The third kappa shape index (κ3) is 3.36. The number of ketones is 1. The molecular weight excluding hydrogens is 245 g/mol. The van der Waals surface area contributed by atoms with Gasteiger partial charge in [-0.05, 0) is 30.4 Å². The molecule has 1 atom stereocenters. The lowest BCUT2D eigenvalue weighted by Gasteiger charge is -2.21. The van der Waals surface area contributed by atoms with Crippen LogP contribution in [0.3, 0.4) is 0 Å². The van der Waals surface area contributed by atoms with Crippen LogP contribution >= 0.6 is 11.6 Å². The normalized spacial score (nSPS) is 20.4. The number of hydrogen-bond donors (Lipinski definition) is 1. The van der Waals surface area contributed by atoms with Crippen LogP contribution < -0.4 is 5.32 Å². The molecule has 2 rings (SSSR count). The average molecular weight is 258 g/mol. The van der Waals surface area contributed by atoms with Crippen LogP contribution in [-0.2, 0) is 4.79 Å². The zero-order valence-corrected chi connectivity index (χ0v) is 10.0. The molecule has 1 fully saturated rings. The Morgan fingerprint density at radius 2 is 2.41 bits per heavy atom. The van der Waals surface area contributed by atoms with Crippen molar-refractivity contribution >= 4 is 23.2 Å². The number of rotatable bonds is 3. The van der Waals surface area contributed by atoms with Gasteiger partial charge in [0.05, 0.1) is 6.20 Å². The molecule has 0 aliphatic heterocycles. The number of anilines is 1. The fraction of sp³-hybridized carbons (Fsp3) is 0.545. The van der Waals surface area contributed by atoms with E-state index in [1.165, 1.54) is 0 Å². The van der Waals surface area contributed by atoms with Gasteiger partial charge < -0.3 is 5.32 Å². The third-order valence-corrected chi connectivity index (χ3v) is 3.04. The Morgan fingerprint density at radius 3 is 3.18 bits per heavy atom. The van der Waals surface area contributed by atoms with Crippen LogP contribution in [0.15, 0.2) is 6.20 Å². The second kappa shape index (κ2) is 5.40. The smallest absolute Gasteiger partial charge is 0.224 e. The van der Waals surface area contributed by atoms with Crippen LogP contribution in [0.1, 0.15) is 25.7 Å². The first-order chi connectivity index (χ1) is 8.15. The third-order valence-electron chi connectivity index (χ3n) is 2.86. The average Bonchev–Trinajstić information content (AvgIpc) is 2.30. The minimum atomic E-state index is -0.531. The van der Waals surface area contributed by atoms with Crippen molar-refractivity contribution < 1.29 is 9.18 Å². The van der Waals surface area contributed by atoms with Crippen LogP contribution in [0.4, 0.5) is 10.2 Å². The van der Waals surface area contributed by atoms with Crippen molar-refractivity contribution in [1.82, 2.24) is 9.97 Å². The van der Waals surface area contributed by atoms with E-state index in [2.05, 4.69) is 15.3 Å². The van der Waals surface area contributed by atoms with Crippen LogP contribution in [0, 0.1) is 11.7 Å². The molecule has 92 valence electrons. The number of nitrogens with zero attached hydrogens (tertiary/aromatic N) is 2. The number of hydrogen-bond acceptors (Lipinski definition) is 4. The molecule has 0 bridgehead atoms. The summed E-state index contributed by atoms with van der Waals surface area (Å²) < 4.78 is 13.3. The maximum absolute atomic E-state index is 13.3. The van der Waals surface area contributed by atoms with E-state index in [1.54, 1.807) is 0 Å². The molecule has 1 heterocycles. The lowest BCUT2D eigenvalue weighted by molar-refractivity contribution is -0.121. The van der Waals surface area contributed by atoms with Gasteiger partial charge in [0.2, 0.25) is 5.28 Å². The van der Waals surface area contributed by atoms with Gasteiger partial charge >= 0.3 is 0 Å². The number of carbonyl (C=O) groups is 1. The van der Waals surface area contributed by atoms with Crippen molar-refractivity contribution in [2.45, 2.75) is 25.7 Å². The second-order valence-electron chi connectivity index (χ2n) is 4.22. The highest BCUT2D eigenvalue weighted by molar-refractivity contribution is 6.28. The molecule has 17 heavy (non-hydrogen) atoms. The van der Waals surface area contributed by atoms with Gasteiger partial charge in [-0.25, -0.2) is 9.37 Å². The van der Waals surface area contributed by atoms with E-state index < -0.39 is 5.82 Å². The van der Waals surface area contributed by atoms with E-state index in [9.17, 15) is 9.18 Å². The maximum Gasteiger partial charge on any atom is 0.224 e. The molecule has 1 aromatic rings. The van der Waals surface area contributed by atoms with Crippen LogP contribution in [0.25, 0.3) is 0 Å². The second-order valence-corrected chi connectivity index (χ2v) is 4.56. The predicted octanol–water partition coefficient (Wildman–Crippen LogP) is 2.44. The summed E-state index contributed by atoms with van der Waals surface area (Å²) in [6.45, 7) is 0.538. The molecule has 1 saturated carbocycles. The van der Waals surface area contributed by atoms with E-state index >= 15 is 0 Å². The fourth-order valence-electron chi connectivity index (χ4n) is 2.00. The van der Waals surface area contributed by atoms with Gasteiger partial charge in [0.1, 0.15) is 5.78 Å². The van der Waals surface area contributed by atoms with Crippen molar-refractivity contribution in [3.63, 3.8) is 0 Å². The number of halogens is 2. The first kappa shape index (κ1) is 12.2. The van der Waals surface area contributed by atoms with E-state index in [0.29, 0.717) is 19.4 Å². The number of nitrogens with one attached hydrogen (secondary N) is 1. The lowest BCUT2D eigenvalue weighted by atomic mass is 9.88. The number of aromatic nitrogens is 2. The van der Waals surface area contributed by atoms with E-state index in [-0.39, 0.29) is 22.8 Å². The van der Waals surface area contributed by atoms with Crippen molar-refractivity contribution in [2.24, 2.45) is 5.92 Å². The SMILES string of the molecule is O=C1CCCC(CNc2nc(Cl)ncc2F)C1. The van der Waals surface area contributed by atoms with Gasteiger partial charge in [-0.3, -0.25) is 4.79 Å². The first-order valence-corrected chi connectivity index (χ1v) is 5.96. The summed E-state index contributed by atoms with van der Waals surface area (Å²) in [5.74, 6) is 0.105. The molecule has 0 radical (unpaired) electrons. The quantitative estimate of drug-likeness (QED) is 0.845. The van der Waals surface area contributed by atoms with E-state index in [4.69, 9.17) is 11.6 Å². The summed E-state index contributed by atoms with van der Waals surface area (Å²) in [5, 5.41) is 2.89. The molecule has 0 aromatic carbocycles. The molecule has 0 saturated heterocycles. The Bertz CT molecular complexity index is 427. The Kier molecular flexibility index (Phi) is 3.89. The topological polar surface area (TPSA) is 54.9 Å². The number of Topliss-reactive ketones (excluding diaryl/α,β-unsaturated/α-hetero) is 1. The number of carbonyl (C=O) groups excluding carboxylic acids is 1. The van der Waals surface area contributed by atoms with E-state index in [1.807, 2.05) is 0 Å². The summed E-state index contributed by atoms with van der Waals surface area (Å²) in [7, 11) is 0. The summed E-state index contributed by atoms with van der Waals surface area (Å²) in [5.41, 5.74) is 0. The lowest BCUT2D eigenvalue weighted by Crippen LogP contribution is -2.22. The highest BCUT2D eigenvalue weighted by Gasteiger charge is 2.19. The minimum Gasteiger partial charge on any atom is -0.367 e. The highest BCUT2D eigenvalue weighted by atomic mass is 35.5. The van der Waals surface area contributed by atoms with Gasteiger partial charge in [-0.15, -0.1) is 0 Å². The van der Waals surface area contributed by atoms with Crippen LogP contribution in [0.2, 0.25) is 5.28 Å². The Hall–Kier alpha value is -1.23. The van der Waals surface area contributed by atoms with Gasteiger partial charge in [0.25, 0.3) is 0 Å². The van der Waals surface area contributed by atoms with Crippen molar-refractivity contribution in [3.8, 4) is 0 Å². The van der Waals surface area contributed by atoms with Gasteiger partial charge in [-0.1, -0.05) is 0 Å². The zero-order valence-electron chi connectivity index (χ0n) is 9.25. The van der Waals surface area contributed by atoms with Crippen molar-refractivity contribution in [2.75, 3.05) is 11.9 Å². The Balaban J connectivity index is 1.92. The summed E-state index contributed by atoms with van der Waals surface area (Å²) in [6.07, 6.45) is 4.17. The monoisotopic (exact) mass is 257 g/mol. The van der Waals surface area contributed by atoms with Crippen LogP contribution in [-0.4, -0.2) is 22.3 Å². The molecule has 1 unspecified atom stereocenters.